The van der Waals surface area contributed by atoms with Gasteiger partial charge in [-0.25, -0.2) is 4.99 Å². The van der Waals surface area contributed by atoms with Crippen molar-refractivity contribution in [3.63, 3.8) is 0 Å². The number of Topliss-reactive ketones (excluding diaryl/α,β-unsaturated/α-hetero) is 1. The van der Waals surface area contributed by atoms with Crippen LogP contribution in [0, 0.1) is 6.92 Å². The van der Waals surface area contributed by atoms with Crippen molar-refractivity contribution in [3.8, 4) is 5.75 Å². The van der Waals surface area contributed by atoms with Crippen LogP contribution in [-0.4, -0.2) is 37.2 Å². The number of ketones is 1. The van der Waals surface area contributed by atoms with Crippen LogP contribution in [0.1, 0.15) is 22.8 Å². The lowest BCUT2D eigenvalue weighted by atomic mass is 10.0. The Balaban J connectivity index is 2.12. The highest BCUT2D eigenvalue weighted by atomic mass is 35.5. The topological polar surface area (TPSA) is 41.9 Å². The van der Waals surface area contributed by atoms with Gasteiger partial charge >= 0.3 is 0 Å². The van der Waals surface area contributed by atoms with Gasteiger partial charge < -0.3 is 9.64 Å². The molecule has 0 radical (unpaired) electrons. The highest BCUT2D eigenvalue weighted by Crippen LogP contribution is 2.29. The Bertz CT molecular complexity index is 791. The Labute approximate surface area is 158 Å². The molecular weight excluding hydrogens is 359 g/mol. The molecule has 0 unspecified atom stereocenters. The summed E-state index contributed by atoms with van der Waals surface area (Å²) in [5, 5.41) is 0.987. The number of ether oxygens (including phenoxy) is 1. The largest absolute Gasteiger partial charge is 0.485 e. The maximum absolute atomic E-state index is 12.4. The summed E-state index contributed by atoms with van der Waals surface area (Å²) in [5.74, 6) is 0.397. The van der Waals surface area contributed by atoms with E-state index in [2.05, 4.69) is 4.99 Å². The first-order valence-corrected chi connectivity index (χ1v) is 8.62. The van der Waals surface area contributed by atoms with Crippen molar-refractivity contribution in [3.05, 3.63) is 57.6 Å². The van der Waals surface area contributed by atoms with E-state index in [1.54, 1.807) is 42.7 Å². The van der Waals surface area contributed by atoms with E-state index in [1.807, 2.05) is 25.8 Å². The normalized spacial score (nSPS) is 10.9. The van der Waals surface area contributed by atoms with Gasteiger partial charge in [0.15, 0.2) is 6.61 Å². The van der Waals surface area contributed by atoms with Crippen molar-refractivity contribution in [2.75, 3.05) is 20.2 Å². The van der Waals surface area contributed by atoms with E-state index in [4.69, 9.17) is 27.9 Å². The first-order chi connectivity index (χ1) is 11.9. The maximum Gasteiger partial charge on any atom is 0.200 e. The second-order valence-electron chi connectivity index (χ2n) is 5.61. The Morgan fingerprint density at radius 2 is 2.04 bits per heavy atom. The Kier molecular flexibility index (Phi) is 6.85. The lowest BCUT2D eigenvalue weighted by molar-refractivity contribution is 0.0921. The van der Waals surface area contributed by atoms with E-state index < -0.39 is 0 Å². The Morgan fingerprint density at radius 3 is 2.72 bits per heavy atom. The van der Waals surface area contributed by atoms with Crippen molar-refractivity contribution >= 4 is 41.0 Å². The number of aliphatic imine (C=N–C) groups is 1. The van der Waals surface area contributed by atoms with Crippen LogP contribution in [0.4, 0.5) is 5.69 Å². The van der Waals surface area contributed by atoms with Crippen molar-refractivity contribution < 1.29 is 9.53 Å². The lowest BCUT2D eigenvalue weighted by Gasteiger charge is -2.11. The third-order valence-electron chi connectivity index (χ3n) is 3.65. The summed E-state index contributed by atoms with van der Waals surface area (Å²) in [7, 11) is 1.93. The van der Waals surface area contributed by atoms with Gasteiger partial charge in [0.05, 0.1) is 17.0 Å². The summed E-state index contributed by atoms with van der Waals surface area (Å²) in [5.41, 5.74) is 1.96. The predicted octanol–water partition coefficient (Wildman–Crippen LogP) is 5.18. The zero-order chi connectivity index (χ0) is 18.4. The predicted molar refractivity (Wildman–Crippen MR) is 104 cm³/mol. The zero-order valence-corrected chi connectivity index (χ0v) is 15.9. The molecule has 0 aromatic heterocycles. The second kappa shape index (κ2) is 8.88. The van der Waals surface area contributed by atoms with Gasteiger partial charge in [0.2, 0.25) is 5.78 Å². The summed E-state index contributed by atoms with van der Waals surface area (Å²) in [6.45, 7) is 4.64. The number of rotatable bonds is 7. The van der Waals surface area contributed by atoms with E-state index in [0.29, 0.717) is 27.0 Å². The fourth-order valence-corrected chi connectivity index (χ4v) is 2.48. The average Bonchev–Trinajstić information content (AvgIpc) is 2.59. The van der Waals surface area contributed by atoms with Crippen molar-refractivity contribution in [2.24, 2.45) is 4.99 Å². The summed E-state index contributed by atoms with van der Waals surface area (Å²) in [6, 6.07) is 10.4. The van der Waals surface area contributed by atoms with E-state index in [9.17, 15) is 4.79 Å². The highest BCUT2D eigenvalue weighted by molar-refractivity contribution is 6.33. The molecule has 0 aliphatic heterocycles. The summed E-state index contributed by atoms with van der Waals surface area (Å²) in [4.78, 5) is 18.7. The van der Waals surface area contributed by atoms with Crippen molar-refractivity contribution in [1.29, 1.82) is 0 Å². The maximum atomic E-state index is 12.4. The molecule has 25 heavy (non-hydrogen) atoms. The quantitative estimate of drug-likeness (QED) is 0.378. The summed E-state index contributed by atoms with van der Waals surface area (Å²) < 4.78 is 5.51. The van der Waals surface area contributed by atoms with Crippen LogP contribution in [0.5, 0.6) is 5.75 Å². The van der Waals surface area contributed by atoms with Gasteiger partial charge in [-0.2, -0.15) is 0 Å². The number of halogens is 2. The molecule has 2 rings (SSSR count). The molecule has 0 saturated carbocycles. The smallest absolute Gasteiger partial charge is 0.200 e. The van der Waals surface area contributed by atoms with Crippen LogP contribution < -0.4 is 4.74 Å². The first kappa shape index (κ1) is 19.3. The number of nitrogens with zero attached hydrogens (tertiary/aromatic N) is 2. The number of carbonyl (C=O) groups is 1. The third kappa shape index (κ3) is 5.48. The van der Waals surface area contributed by atoms with Crippen LogP contribution in [0.3, 0.4) is 0 Å². The lowest BCUT2D eigenvalue weighted by Crippen LogP contribution is -2.14. The van der Waals surface area contributed by atoms with Gasteiger partial charge in [0.1, 0.15) is 5.75 Å². The third-order valence-corrected chi connectivity index (χ3v) is 4.19. The van der Waals surface area contributed by atoms with E-state index in [-0.39, 0.29) is 12.4 Å². The highest BCUT2D eigenvalue weighted by Gasteiger charge is 2.13. The fourth-order valence-electron chi connectivity index (χ4n) is 2.09. The van der Waals surface area contributed by atoms with E-state index in [0.717, 1.165) is 12.1 Å². The molecule has 0 aliphatic rings. The Morgan fingerprint density at radius 1 is 1.28 bits per heavy atom. The molecule has 2 aromatic carbocycles. The van der Waals surface area contributed by atoms with Gasteiger partial charge in [0.25, 0.3) is 0 Å². The fraction of sp³-hybridized carbons (Fsp3) is 0.263. The minimum Gasteiger partial charge on any atom is -0.485 e. The van der Waals surface area contributed by atoms with Crippen LogP contribution in [0.15, 0.2) is 41.4 Å². The molecule has 6 heteroatoms. The number of aryl methyl sites for hydroxylation is 1. The average molecular weight is 379 g/mol. The van der Waals surface area contributed by atoms with E-state index >= 15 is 0 Å². The van der Waals surface area contributed by atoms with E-state index in [1.165, 1.54) is 0 Å². The number of carbonyl (C=O) groups excluding carboxylic acids is 1. The van der Waals surface area contributed by atoms with Gasteiger partial charge in [-0.1, -0.05) is 29.3 Å². The van der Waals surface area contributed by atoms with Crippen LogP contribution >= 0.6 is 23.2 Å². The van der Waals surface area contributed by atoms with Gasteiger partial charge in [-0.15, -0.1) is 0 Å². The second-order valence-corrected chi connectivity index (χ2v) is 6.45. The molecule has 0 bridgehead atoms. The molecule has 132 valence electrons. The minimum absolute atomic E-state index is 0.0846. The summed E-state index contributed by atoms with van der Waals surface area (Å²) in [6.07, 6.45) is 1.71. The van der Waals surface area contributed by atoms with Gasteiger partial charge in [-0.3, -0.25) is 4.79 Å². The van der Waals surface area contributed by atoms with Gasteiger partial charge in [-0.05, 0) is 49.7 Å². The molecule has 0 N–H and O–H groups in total. The summed E-state index contributed by atoms with van der Waals surface area (Å²) >= 11 is 12.2. The first-order valence-electron chi connectivity index (χ1n) is 7.87. The Hall–Kier alpha value is -2.04. The molecule has 0 amide bonds. The number of hydrogen-bond acceptors (Lipinski definition) is 3. The molecular formula is C19H20Cl2N2O2. The molecule has 0 fully saturated rings. The molecule has 4 nitrogen and oxygen atoms in total. The molecule has 0 heterocycles. The van der Waals surface area contributed by atoms with Crippen LogP contribution in [0.25, 0.3) is 0 Å². The number of hydrogen-bond donors (Lipinski definition) is 0. The molecule has 0 aliphatic carbocycles. The molecule has 0 atom stereocenters. The van der Waals surface area contributed by atoms with Crippen LogP contribution in [0.2, 0.25) is 10.0 Å². The zero-order valence-electron chi connectivity index (χ0n) is 14.4. The van der Waals surface area contributed by atoms with Crippen molar-refractivity contribution in [2.45, 2.75) is 13.8 Å². The van der Waals surface area contributed by atoms with Crippen LogP contribution in [-0.2, 0) is 0 Å². The molecule has 2 aromatic rings. The number of benzene rings is 2. The monoisotopic (exact) mass is 378 g/mol. The van der Waals surface area contributed by atoms with Gasteiger partial charge in [0, 0.05) is 24.2 Å². The minimum atomic E-state index is -0.152. The molecule has 0 spiro atoms. The molecule has 0 saturated heterocycles. The SMILES string of the molecule is CCN(C)C=Nc1cc(C)c(C(=O)COc2cccc(Cl)c2)cc1Cl. The standard InChI is InChI=1S/C19H20Cl2N2O2/c1-4-23(3)12-22-18-8-13(2)16(10-17(18)21)19(24)11-25-15-7-5-6-14(20)9-15/h5-10,12H,4,11H2,1-3H3. The van der Waals surface area contributed by atoms with Crippen molar-refractivity contribution in [1.82, 2.24) is 4.90 Å².